The van der Waals surface area contributed by atoms with Crippen LogP contribution in [0.5, 0.6) is 0 Å². The van der Waals surface area contributed by atoms with Gasteiger partial charge in [0.05, 0.1) is 17.7 Å². The maximum atomic E-state index is 14.1. The third-order valence-electron chi connectivity index (χ3n) is 6.51. The third kappa shape index (κ3) is 3.81. The number of amides is 5. The van der Waals surface area contributed by atoms with Crippen LogP contribution < -0.4 is 5.32 Å². The van der Waals surface area contributed by atoms with Crippen LogP contribution in [0.2, 0.25) is 0 Å². The number of aromatic nitrogens is 1. The Balaban J connectivity index is 1.26. The Kier molecular flexibility index (Phi) is 5.56. The summed E-state index contributed by atoms with van der Waals surface area (Å²) in [5, 5.41) is 3.85. The van der Waals surface area contributed by atoms with Crippen molar-refractivity contribution in [2.24, 2.45) is 0 Å². The number of rotatable bonds is 4. The molecule has 176 valence electrons. The van der Waals surface area contributed by atoms with Gasteiger partial charge in [0.1, 0.15) is 0 Å². The monoisotopic (exact) mass is 469 g/mol. The molecule has 5 rings (SSSR count). The fourth-order valence-electron chi connectivity index (χ4n) is 4.75. The number of likely N-dealkylation sites (tertiary alicyclic amines) is 1. The summed E-state index contributed by atoms with van der Waals surface area (Å²) in [4.78, 5) is 54.7. The zero-order valence-corrected chi connectivity index (χ0v) is 18.1. The minimum absolute atomic E-state index is 0.00359. The van der Waals surface area contributed by atoms with Gasteiger partial charge in [-0.2, -0.15) is 9.40 Å². The molecule has 0 spiro atoms. The average molecular weight is 469 g/mol. The predicted octanol–water partition coefficient (Wildman–Crippen LogP) is 2.19. The van der Waals surface area contributed by atoms with Gasteiger partial charge in [-0.15, -0.1) is 0 Å². The Morgan fingerprint density at radius 2 is 1.71 bits per heavy atom. The molecule has 9 nitrogen and oxygen atoms in total. The normalized spacial score (nSPS) is 19.6. The highest BCUT2D eigenvalue weighted by Crippen LogP contribution is 2.31. The van der Waals surface area contributed by atoms with Crippen LogP contribution in [0.25, 0.3) is 0 Å². The molecule has 0 unspecified atom stereocenters. The lowest BCUT2D eigenvalue weighted by Crippen LogP contribution is -2.58. The van der Waals surface area contributed by atoms with Gasteiger partial charge in [-0.1, -0.05) is 6.07 Å². The highest BCUT2D eigenvalue weighted by atomic mass is 19.2. The van der Waals surface area contributed by atoms with Crippen molar-refractivity contribution in [1.82, 2.24) is 25.2 Å². The molecule has 0 atom stereocenters. The van der Waals surface area contributed by atoms with E-state index in [0.29, 0.717) is 38.0 Å². The molecule has 1 aromatic carbocycles. The van der Waals surface area contributed by atoms with Gasteiger partial charge in [0, 0.05) is 19.2 Å². The minimum atomic E-state index is -1.08. The minimum Gasteiger partial charge on any atom is -0.299 e. The topological polar surface area (TPSA) is 103 Å². The third-order valence-corrected chi connectivity index (χ3v) is 6.51. The van der Waals surface area contributed by atoms with Crippen molar-refractivity contribution >= 4 is 23.8 Å². The number of benzene rings is 1. The van der Waals surface area contributed by atoms with Crippen LogP contribution in [0.1, 0.15) is 57.0 Å². The zero-order valence-electron chi connectivity index (χ0n) is 18.1. The molecule has 3 aliphatic rings. The molecular weight excluding hydrogens is 448 g/mol. The van der Waals surface area contributed by atoms with Gasteiger partial charge in [-0.05, 0) is 61.2 Å². The Hall–Kier alpha value is -3.73. The lowest BCUT2D eigenvalue weighted by atomic mass is 9.89. The molecule has 1 aromatic heterocycles. The van der Waals surface area contributed by atoms with E-state index in [1.165, 1.54) is 12.3 Å². The van der Waals surface area contributed by atoms with Crippen molar-refractivity contribution in [3.05, 3.63) is 64.5 Å². The molecule has 0 radical (unpaired) electrons. The molecule has 11 heteroatoms. The van der Waals surface area contributed by atoms with E-state index in [2.05, 4.69) is 15.2 Å². The number of fused-ring (bicyclic) bond motifs is 1. The quantitative estimate of drug-likeness (QED) is 0.544. The van der Waals surface area contributed by atoms with Crippen LogP contribution >= 0.6 is 0 Å². The summed E-state index contributed by atoms with van der Waals surface area (Å²) in [5.74, 6) is -3.74. The second kappa shape index (κ2) is 8.56. The SMILES string of the molecule is O=C1CCN(N2C(=O)c3ccc(CN4CCC(c5ccnc(F)c5F)CC4)cc3C2=O)C(=O)N1. The van der Waals surface area contributed by atoms with Crippen LogP contribution in [0, 0.1) is 11.8 Å². The summed E-state index contributed by atoms with van der Waals surface area (Å²) in [7, 11) is 0. The standard InChI is InChI=1S/C23H21F2N5O4/c24-19-15(3-7-26-20(19)25)14-4-8-28(9-5-14)12-13-1-2-16-17(11-13)22(33)30(21(16)32)29-10-6-18(31)27-23(29)34/h1-3,7,11,14H,4-6,8-10,12H2,(H,27,31,34). The molecule has 2 aromatic rings. The fourth-order valence-corrected chi connectivity index (χ4v) is 4.75. The highest BCUT2D eigenvalue weighted by Gasteiger charge is 2.43. The number of hydrazine groups is 1. The van der Waals surface area contributed by atoms with Gasteiger partial charge < -0.3 is 0 Å². The Bertz CT molecular complexity index is 1210. The molecule has 0 bridgehead atoms. The van der Waals surface area contributed by atoms with Crippen molar-refractivity contribution in [1.29, 1.82) is 0 Å². The van der Waals surface area contributed by atoms with Crippen LogP contribution in [-0.4, -0.2) is 63.3 Å². The lowest BCUT2D eigenvalue weighted by molar-refractivity contribution is -0.122. The van der Waals surface area contributed by atoms with Crippen molar-refractivity contribution in [2.45, 2.75) is 31.7 Å². The van der Waals surface area contributed by atoms with Crippen LogP contribution in [0.15, 0.2) is 30.5 Å². The fraction of sp³-hybridized carbons (Fsp3) is 0.348. The van der Waals surface area contributed by atoms with E-state index in [0.717, 1.165) is 15.6 Å². The van der Waals surface area contributed by atoms with E-state index >= 15 is 0 Å². The number of carbonyl (C=O) groups is 4. The van der Waals surface area contributed by atoms with Crippen molar-refractivity contribution in [2.75, 3.05) is 19.6 Å². The molecule has 4 heterocycles. The first kappa shape index (κ1) is 22.1. The van der Waals surface area contributed by atoms with Gasteiger partial charge in [-0.25, -0.2) is 19.2 Å². The van der Waals surface area contributed by atoms with Crippen LogP contribution in [0.4, 0.5) is 13.6 Å². The molecule has 34 heavy (non-hydrogen) atoms. The first-order chi connectivity index (χ1) is 16.3. The summed E-state index contributed by atoms with van der Waals surface area (Å²) in [5.41, 5.74) is 1.57. The lowest BCUT2D eigenvalue weighted by Gasteiger charge is -2.32. The Morgan fingerprint density at radius 1 is 0.971 bits per heavy atom. The number of imide groups is 2. The van der Waals surface area contributed by atoms with Crippen molar-refractivity contribution in [3.63, 3.8) is 0 Å². The molecule has 0 aliphatic carbocycles. The summed E-state index contributed by atoms with van der Waals surface area (Å²) >= 11 is 0. The molecule has 0 saturated carbocycles. The van der Waals surface area contributed by atoms with Crippen molar-refractivity contribution in [3.8, 4) is 0 Å². The second-order valence-electron chi connectivity index (χ2n) is 8.58. The number of hydrogen-bond acceptors (Lipinski definition) is 6. The zero-order chi connectivity index (χ0) is 24.0. The number of nitrogens with one attached hydrogen (secondary N) is 1. The molecule has 5 amide bonds. The van der Waals surface area contributed by atoms with E-state index in [4.69, 9.17) is 0 Å². The number of pyridine rings is 1. The Labute approximate surface area is 193 Å². The summed E-state index contributed by atoms with van der Waals surface area (Å²) in [6.07, 6.45) is 2.58. The first-order valence-corrected chi connectivity index (χ1v) is 11.0. The summed E-state index contributed by atoms with van der Waals surface area (Å²) in [6.45, 7) is 1.78. The molecule has 3 aliphatic heterocycles. The number of urea groups is 1. The van der Waals surface area contributed by atoms with Gasteiger partial charge >= 0.3 is 6.03 Å². The van der Waals surface area contributed by atoms with E-state index in [1.807, 2.05) is 0 Å². The van der Waals surface area contributed by atoms with Gasteiger partial charge in [0.25, 0.3) is 11.8 Å². The van der Waals surface area contributed by atoms with Crippen molar-refractivity contribution < 1.29 is 28.0 Å². The highest BCUT2D eigenvalue weighted by molar-refractivity contribution is 6.22. The molecule has 2 fully saturated rings. The number of nitrogens with zero attached hydrogens (tertiary/aromatic N) is 4. The van der Waals surface area contributed by atoms with E-state index in [-0.39, 0.29) is 30.0 Å². The van der Waals surface area contributed by atoms with Gasteiger partial charge in [0.2, 0.25) is 11.9 Å². The second-order valence-corrected chi connectivity index (χ2v) is 8.58. The molecule has 1 N–H and O–H groups in total. The predicted molar refractivity (Wildman–Crippen MR) is 113 cm³/mol. The Morgan fingerprint density at radius 3 is 2.44 bits per heavy atom. The number of halogens is 2. The van der Waals surface area contributed by atoms with Crippen LogP contribution in [0.3, 0.4) is 0 Å². The maximum absolute atomic E-state index is 14.1. The number of carbonyl (C=O) groups excluding carboxylic acids is 4. The number of hydrogen-bond donors (Lipinski definition) is 1. The maximum Gasteiger partial charge on any atom is 0.343 e. The average Bonchev–Trinajstić information content (AvgIpc) is 3.06. The molecular formula is C23H21F2N5O4. The van der Waals surface area contributed by atoms with Gasteiger partial charge in [0.15, 0.2) is 5.82 Å². The van der Waals surface area contributed by atoms with Crippen LogP contribution in [-0.2, 0) is 11.3 Å². The molecule has 2 saturated heterocycles. The van der Waals surface area contributed by atoms with E-state index in [1.54, 1.807) is 18.2 Å². The van der Waals surface area contributed by atoms with E-state index < -0.39 is 35.5 Å². The smallest absolute Gasteiger partial charge is 0.299 e. The first-order valence-electron chi connectivity index (χ1n) is 11.0. The number of piperidine rings is 1. The summed E-state index contributed by atoms with van der Waals surface area (Å²) < 4.78 is 27.5. The van der Waals surface area contributed by atoms with E-state index in [9.17, 15) is 28.0 Å². The summed E-state index contributed by atoms with van der Waals surface area (Å²) in [6, 6.07) is 5.69. The van der Waals surface area contributed by atoms with Gasteiger partial charge in [-0.3, -0.25) is 24.6 Å². The largest absolute Gasteiger partial charge is 0.343 e.